The Hall–Kier alpha value is -4.32. The van der Waals surface area contributed by atoms with E-state index in [4.69, 9.17) is 32.9 Å². The zero-order chi connectivity index (χ0) is 34.7. The number of halogens is 2. The maximum atomic E-state index is 13.2. The van der Waals surface area contributed by atoms with E-state index in [1.807, 2.05) is 72.6 Å². The summed E-state index contributed by atoms with van der Waals surface area (Å²) in [5.41, 5.74) is 6.23. The zero-order valence-corrected chi connectivity index (χ0v) is 29.1. The summed E-state index contributed by atoms with van der Waals surface area (Å²) < 4.78 is 7.16. The highest BCUT2D eigenvalue weighted by molar-refractivity contribution is 6.39. The highest BCUT2D eigenvalue weighted by Crippen LogP contribution is 2.42. The molecule has 2 atom stereocenters. The predicted molar refractivity (Wildman–Crippen MR) is 193 cm³/mol. The van der Waals surface area contributed by atoms with Gasteiger partial charge in [0.25, 0.3) is 5.56 Å². The number of pyridine rings is 2. The molecule has 3 aromatic heterocycles. The van der Waals surface area contributed by atoms with Crippen molar-refractivity contribution in [3.05, 3.63) is 105 Å². The minimum absolute atomic E-state index is 0.0929. The van der Waals surface area contributed by atoms with E-state index in [0.717, 1.165) is 39.8 Å². The Morgan fingerprint density at radius 2 is 1.76 bits per heavy atom. The third-order valence-electron chi connectivity index (χ3n) is 8.60. The quantitative estimate of drug-likeness (QED) is 0.154. The van der Waals surface area contributed by atoms with Crippen LogP contribution in [0.15, 0.2) is 77.9 Å². The lowest BCUT2D eigenvalue weighted by molar-refractivity contribution is -0.119. The summed E-state index contributed by atoms with van der Waals surface area (Å²) in [5.74, 6) is 0.584. The van der Waals surface area contributed by atoms with Gasteiger partial charge >= 0.3 is 0 Å². The van der Waals surface area contributed by atoms with E-state index in [9.17, 15) is 14.7 Å². The van der Waals surface area contributed by atoms with Crippen LogP contribution >= 0.6 is 23.2 Å². The largest absolute Gasteiger partial charge is 0.481 e. The molecule has 1 saturated heterocycles. The van der Waals surface area contributed by atoms with Gasteiger partial charge in [0.15, 0.2) is 0 Å². The Morgan fingerprint density at radius 3 is 2.45 bits per heavy atom. The van der Waals surface area contributed by atoms with Crippen molar-refractivity contribution in [3.8, 4) is 39.4 Å². The first-order chi connectivity index (χ1) is 23.6. The van der Waals surface area contributed by atoms with Crippen molar-refractivity contribution >= 4 is 34.8 Å². The Kier molecular flexibility index (Phi) is 10.6. The Labute approximate surface area is 294 Å². The third-order valence-corrected chi connectivity index (χ3v) is 9.41. The number of carbonyl (C=O) groups is 1. The van der Waals surface area contributed by atoms with Gasteiger partial charge in [-0.3, -0.25) is 18.9 Å². The summed E-state index contributed by atoms with van der Waals surface area (Å²) in [5, 5.41) is 17.0. The first-order valence-corrected chi connectivity index (χ1v) is 16.9. The van der Waals surface area contributed by atoms with Gasteiger partial charge in [0.1, 0.15) is 5.65 Å². The number of rotatable bonds is 12. The molecular weight excluding hydrogens is 663 g/mol. The van der Waals surface area contributed by atoms with Gasteiger partial charge in [0.05, 0.1) is 34.5 Å². The van der Waals surface area contributed by atoms with Crippen LogP contribution in [0.25, 0.3) is 39.2 Å². The summed E-state index contributed by atoms with van der Waals surface area (Å²) >= 11 is 14.2. The second-order valence-corrected chi connectivity index (χ2v) is 13.2. The number of benzene rings is 2. The fourth-order valence-corrected chi connectivity index (χ4v) is 6.90. The van der Waals surface area contributed by atoms with Crippen LogP contribution in [-0.4, -0.2) is 69.7 Å². The van der Waals surface area contributed by atoms with Crippen molar-refractivity contribution < 1.29 is 14.6 Å². The number of amides is 1. The lowest BCUT2D eigenvalue weighted by atomic mass is 9.97. The number of methoxy groups -OCH3 is 1. The van der Waals surface area contributed by atoms with Crippen LogP contribution < -0.4 is 20.9 Å². The topological polar surface area (TPSA) is 121 Å². The minimum Gasteiger partial charge on any atom is -0.481 e. The number of carbonyl (C=O) groups excluding carboxylic acids is 1. The maximum absolute atomic E-state index is 13.2. The first-order valence-electron chi connectivity index (χ1n) is 16.1. The number of aliphatic hydroxyl groups is 1. The van der Waals surface area contributed by atoms with Crippen molar-refractivity contribution in [2.75, 3.05) is 27.2 Å². The number of likely N-dealkylation sites (N-methyl/N-ethyl adjacent to an activating group) is 1. The second-order valence-electron chi connectivity index (χ2n) is 12.4. The zero-order valence-electron chi connectivity index (χ0n) is 27.5. The average Bonchev–Trinajstić information content (AvgIpc) is 3.50. The van der Waals surface area contributed by atoms with Crippen LogP contribution in [0.5, 0.6) is 5.88 Å². The fourth-order valence-electron chi connectivity index (χ4n) is 6.24. The van der Waals surface area contributed by atoms with E-state index >= 15 is 0 Å². The molecule has 1 aliphatic heterocycles. The first kappa shape index (κ1) is 34.5. The molecule has 5 aromatic rings. The van der Waals surface area contributed by atoms with Crippen LogP contribution in [0, 0.1) is 0 Å². The summed E-state index contributed by atoms with van der Waals surface area (Å²) in [4.78, 5) is 35.9. The molecule has 4 heterocycles. The number of ether oxygens (including phenoxy) is 1. The van der Waals surface area contributed by atoms with E-state index in [2.05, 4.69) is 15.6 Å². The molecule has 0 unspecified atom stereocenters. The number of hydrogen-bond donors (Lipinski definition) is 3. The van der Waals surface area contributed by atoms with Crippen LogP contribution in [-0.2, 0) is 17.9 Å². The maximum Gasteiger partial charge on any atom is 0.262 e. The van der Waals surface area contributed by atoms with Gasteiger partial charge in [-0.05, 0) is 44.2 Å². The van der Waals surface area contributed by atoms with Gasteiger partial charge in [-0.2, -0.15) is 0 Å². The molecule has 0 radical (unpaired) electrons. The van der Waals surface area contributed by atoms with E-state index in [1.165, 1.54) is 4.40 Å². The molecule has 1 aliphatic rings. The minimum atomic E-state index is -0.499. The molecule has 6 rings (SSSR count). The van der Waals surface area contributed by atoms with Crippen molar-refractivity contribution in [1.29, 1.82) is 0 Å². The third kappa shape index (κ3) is 7.64. The number of nitrogens with zero attached hydrogens (tertiary/aromatic N) is 4. The Bertz CT molecular complexity index is 2070. The normalized spacial score (nSPS) is 15.2. The van der Waals surface area contributed by atoms with Crippen LogP contribution in [0.3, 0.4) is 0 Å². The number of nitrogens with one attached hydrogen (secondary N) is 2. The fraction of sp³-hybridized carbons (Fsp3) is 0.297. The van der Waals surface area contributed by atoms with Gasteiger partial charge in [0.2, 0.25) is 11.8 Å². The number of fused-ring (bicyclic) bond motifs is 1. The monoisotopic (exact) mass is 700 g/mol. The second kappa shape index (κ2) is 15.1. The standard InChI is InChI=1S/C37H38Cl2N6O4/c1-22(46)20-44(2)21-25-18-41-32-16-23(14-15-45(32)37(25)48)27-6-4-7-28(34(27)38)29-8-5-9-30(35(29)39)31-12-10-24(36(43-31)49-3)17-40-19-26-11-13-33(47)42-26/h4-10,12,14-16,18,22,26,40,46H,11,13,17,19-21H2,1-3H3,(H,42,47)/t22-,26+/m1/s1. The van der Waals surface area contributed by atoms with Crippen molar-refractivity contribution in [3.63, 3.8) is 0 Å². The van der Waals surface area contributed by atoms with E-state index < -0.39 is 6.10 Å². The van der Waals surface area contributed by atoms with E-state index in [1.54, 1.807) is 26.4 Å². The van der Waals surface area contributed by atoms with Gasteiger partial charge in [-0.15, -0.1) is 0 Å². The smallest absolute Gasteiger partial charge is 0.262 e. The molecule has 2 aromatic carbocycles. The van der Waals surface area contributed by atoms with Crippen LogP contribution in [0.4, 0.5) is 0 Å². The van der Waals surface area contributed by atoms with Crippen LogP contribution in [0.2, 0.25) is 10.0 Å². The molecule has 0 aliphatic carbocycles. The molecule has 49 heavy (non-hydrogen) atoms. The Morgan fingerprint density at radius 1 is 1.04 bits per heavy atom. The van der Waals surface area contributed by atoms with Crippen molar-refractivity contribution in [2.45, 2.75) is 45.0 Å². The molecule has 0 bridgehead atoms. The molecule has 1 amide bonds. The predicted octanol–water partition coefficient (Wildman–Crippen LogP) is 5.59. The van der Waals surface area contributed by atoms with Crippen molar-refractivity contribution in [1.82, 2.24) is 29.9 Å². The van der Waals surface area contributed by atoms with Gasteiger partial charge in [-0.25, -0.2) is 9.97 Å². The summed E-state index contributed by atoms with van der Waals surface area (Å²) in [6.45, 7) is 3.75. The average molecular weight is 702 g/mol. The number of aliphatic hydroxyl groups excluding tert-OH is 1. The molecular formula is C37H38Cl2N6O4. The lowest BCUT2D eigenvalue weighted by Crippen LogP contribution is -2.35. The Balaban J connectivity index is 1.26. The molecule has 12 heteroatoms. The SMILES string of the molecule is COc1nc(-c2cccc(-c3cccc(-c4ccn5c(=O)c(CN(C)C[C@@H](C)O)cnc5c4)c3Cl)c2Cl)ccc1CNC[C@@H]1CCC(=O)N1. The van der Waals surface area contributed by atoms with E-state index in [0.29, 0.717) is 65.4 Å². The molecule has 254 valence electrons. The highest BCUT2D eigenvalue weighted by atomic mass is 35.5. The molecule has 0 spiro atoms. The number of aromatic nitrogens is 3. The van der Waals surface area contributed by atoms with Gasteiger partial charge in [0, 0.05) is 78.9 Å². The number of hydrogen-bond acceptors (Lipinski definition) is 8. The summed E-state index contributed by atoms with van der Waals surface area (Å²) in [6, 6.07) is 19.2. The molecule has 3 N–H and O–H groups in total. The molecule has 1 fully saturated rings. The highest BCUT2D eigenvalue weighted by Gasteiger charge is 2.21. The summed E-state index contributed by atoms with van der Waals surface area (Å²) in [7, 11) is 3.44. The molecule has 10 nitrogen and oxygen atoms in total. The van der Waals surface area contributed by atoms with E-state index in [-0.39, 0.29) is 17.5 Å². The lowest BCUT2D eigenvalue weighted by Gasteiger charge is -2.18. The van der Waals surface area contributed by atoms with Crippen molar-refractivity contribution in [2.24, 2.45) is 0 Å². The molecule has 0 saturated carbocycles. The van der Waals surface area contributed by atoms with Gasteiger partial charge in [-0.1, -0.05) is 65.7 Å². The summed E-state index contributed by atoms with van der Waals surface area (Å²) in [6.07, 6.45) is 4.19. The van der Waals surface area contributed by atoms with Crippen LogP contribution in [0.1, 0.15) is 30.9 Å². The van der Waals surface area contributed by atoms with Gasteiger partial charge < -0.3 is 20.5 Å².